The highest BCUT2D eigenvalue weighted by Crippen LogP contribution is 2.12. The van der Waals surface area contributed by atoms with Crippen LogP contribution >= 0.6 is 0 Å². The van der Waals surface area contributed by atoms with Crippen LogP contribution in [0.1, 0.15) is 201 Å². The van der Waals surface area contributed by atoms with E-state index in [1.54, 1.807) is 0 Å². The molecular weight excluding hydrogens is 853 g/mol. The van der Waals surface area contributed by atoms with Gasteiger partial charge in [-0.1, -0.05) is 211 Å². The van der Waals surface area contributed by atoms with E-state index in [1.165, 1.54) is 0 Å². The van der Waals surface area contributed by atoms with Crippen molar-refractivity contribution in [1.82, 2.24) is 0 Å². The number of ether oxygens (including phenoxy) is 3. The standard InChI is InChI=1S/C63H96O6/c1-4-7-10-13-16-19-22-25-28-30-31-33-36-38-41-44-47-50-53-56-62(65)68-59-60(69-63(66)57-54-51-48-45-42-39-34-27-24-21-18-15-12-9-6-3)58-67-61(64)55-52-49-46-43-40-37-35-32-29-26-23-20-17-14-11-8-5-2/h7-12,16-21,25-29,31,33-35,37-38,41,47,50,60H,4-6,13-15,22-24,30,32,36,39-40,42-46,48-49,51-59H2,1-3H3/b10-7-,11-8-,12-9-,19-16-,20-17-,21-18-,28-25-,29-26-,33-31-,34-27-,37-35-,41-38-,50-47-/t60-/m0/s1. The minimum Gasteiger partial charge on any atom is -0.462 e. The van der Waals surface area contributed by atoms with Gasteiger partial charge >= 0.3 is 17.9 Å². The minimum absolute atomic E-state index is 0.129. The van der Waals surface area contributed by atoms with E-state index in [0.29, 0.717) is 12.8 Å². The van der Waals surface area contributed by atoms with Gasteiger partial charge in [-0.05, 0) is 128 Å². The average Bonchev–Trinajstić information content (AvgIpc) is 3.35. The highest BCUT2D eigenvalue weighted by atomic mass is 16.6. The number of hydrogen-bond donors (Lipinski definition) is 0. The molecule has 6 heteroatoms. The summed E-state index contributed by atoms with van der Waals surface area (Å²) in [5.41, 5.74) is 0. The van der Waals surface area contributed by atoms with Gasteiger partial charge in [-0.2, -0.15) is 0 Å². The molecule has 0 rings (SSSR count). The third kappa shape index (κ3) is 53.8. The lowest BCUT2D eigenvalue weighted by Crippen LogP contribution is -2.30. The van der Waals surface area contributed by atoms with Crippen LogP contribution in [-0.4, -0.2) is 37.2 Å². The van der Waals surface area contributed by atoms with Gasteiger partial charge in [0.05, 0.1) is 0 Å². The second-order valence-electron chi connectivity index (χ2n) is 17.0. The van der Waals surface area contributed by atoms with E-state index >= 15 is 0 Å². The third-order valence-electron chi connectivity index (χ3n) is 10.5. The van der Waals surface area contributed by atoms with Crippen LogP contribution in [-0.2, 0) is 28.6 Å². The molecule has 0 aliphatic rings. The number of rotatable bonds is 46. The Kier molecular flexibility index (Phi) is 51.6. The number of carbonyl (C=O) groups is 3. The Labute approximate surface area is 422 Å². The monoisotopic (exact) mass is 949 g/mol. The molecule has 0 unspecified atom stereocenters. The first kappa shape index (κ1) is 64.0. The molecule has 0 bridgehead atoms. The van der Waals surface area contributed by atoms with Crippen molar-refractivity contribution in [2.75, 3.05) is 13.2 Å². The van der Waals surface area contributed by atoms with Crippen molar-refractivity contribution in [3.63, 3.8) is 0 Å². The van der Waals surface area contributed by atoms with Crippen LogP contribution in [0.5, 0.6) is 0 Å². The lowest BCUT2D eigenvalue weighted by Gasteiger charge is -2.18. The zero-order valence-electron chi connectivity index (χ0n) is 43.8. The van der Waals surface area contributed by atoms with Crippen LogP contribution in [0.4, 0.5) is 0 Å². The molecule has 0 aromatic rings. The van der Waals surface area contributed by atoms with E-state index in [1.807, 2.05) is 12.2 Å². The summed E-state index contributed by atoms with van der Waals surface area (Å²) in [6, 6.07) is 0. The van der Waals surface area contributed by atoms with E-state index in [9.17, 15) is 14.4 Å². The SMILES string of the molecule is CC/C=C\C/C=C\C/C=C\C/C=C\C/C=C\C/C=C\CCC(=O)OC[C@H](COC(=O)CCCCCC/C=C\C/C=C\C/C=C\C/C=C\CC)OC(=O)CCCCCCC/C=C\C/C=C\C/C=C\CC. The molecule has 0 aliphatic carbocycles. The first-order valence-corrected chi connectivity index (χ1v) is 27.0. The van der Waals surface area contributed by atoms with Crippen molar-refractivity contribution in [1.29, 1.82) is 0 Å². The molecule has 0 saturated heterocycles. The molecule has 0 radical (unpaired) electrons. The Balaban J connectivity index is 4.61. The van der Waals surface area contributed by atoms with Crippen molar-refractivity contribution < 1.29 is 28.6 Å². The lowest BCUT2D eigenvalue weighted by molar-refractivity contribution is -0.166. The number of carbonyl (C=O) groups excluding carboxylic acids is 3. The quantitative estimate of drug-likeness (QED) is 0.0262. The molecule has 0 heterocycles. The lowest BCUT2D eigenvalue weighted by atomic mass is 10.1. The average molecular weight is 949 g/mol. The van der Waals surface area contributed by atoms with Crippen LogP contribution in [0.2, 0.25) is 0 Å². The molecule has 0 aliphatic heterocycles. The zero-order valence-corrected chi connectivity index (χ0v) is 43.8. The van der Waals surface area contributed by atoms with Crippen LogP contribution in [0.3, 0.4) is 0 Å². The molecule has 6 nitrogen and oxygen atoms in total. The third-order valence-corrected chi connectivity index (χ3v) is 10.5. The number of allylic oxidation sites excluding steroid dienone is 26. The van der Waals surface area contributed by atoms with Gasteiger partial charge < -0.3 is 14.2 Å². The summed E-state index contributed by atoms with van der Waals surface area (Å²) in [5, 5.41) is 0. The first-order chi connectivity index (χ1) is 34.0. The molecule has 0 fully saturated rings. The molecule has 0 aromatic carbocycles. The fourth-order valence-corrected chi connectivity index (χ4v) is 6.59. The summed E-state index contributed by atoms with van der Waals surface area (Å²) < 4.78 is 16.7. The topological polar surface area (TPSA) is 78.9 Å². The molecule has 384 valence electrons. The maximum absolute atomic E-state index is 12.8. The summed E-state index contributed by atoms with van der Waals surface area (Å²) in [6.07, 6.45) is 80.9. The predicted molar refractivity (Wildman–Crippen MR) is 297 cm³/mol. The highest BCUT2D eigenvalue weighted by molar-refractivity contribution is 5.71. The Bertz CT molecular complexity index is 1610. The minimum atomic E-state index is -0.836. The van der Waals surface area contributed by atoms with Gasteiger partial charge in [0.15, 0.2) is 6.10 Å². The van der Waals surface area contributed by atoms with Crippen molar-refractivity contribution in [2.45, 2.75) is 207 Å². The molecule has 0 amide bonds. The smallest absolute Gasteiger partial charge is 0.306 e. The van der Waals surface area contributed by atoms with Crippen LogP contribution in [0, 0.1) is 0 Å². The van der Waals surface area contributed by atoms with Crippen molar-refractivity contribution in [3.8, 4) is 0 Å². The second kappa shape index (κ2) is 55.6. The first-order valence-electron chi connectivity index (χ1n) is 27.0. The van der Waals surface area contributed by atoms with E-state index in [-0.39, 0.29) is 44.0 Å². The van der Waals surface area contributed by atoms with Gasteiger partial charge in [-0.25, -0.2) is 0 Å². The number of hydrogen-bond acceptors (Lipinski definition) is 6. The second-order valence-corrected chi connectivity index (χ2v) is 17.0. The Morgan fingerprint density at radius 3 is 0.899 bits per heavy atom. The highest BCUT2D eigenvalue weighted by Gasteiger charge is 2.19. The van der Waals surface area contributed by atoms with Gasteiger partial charge in [0, 0.05) is 19.3 Å². The largest absolute Gasteiger partial charge is 0.462 e. The molecule has 1 atom stereocenters. The van der Waals surface area contributed by atoms with Gasteiger partial charge in [-0.3, -0.25) is 14.4 Å². The van der Waals surface area contributed by atoms with Crippen molar-refractivity contribution in [2.24, 2.45) is 0 Å². The van der Waals surface area contributed by atoms with E-state index < -0.39 is 6.10 Å². The Hall–Kier alpha value is -4.97. The molecule has 0 saturated carbocycles. The molecule has 0 spiro atoms. The van der Waals surface area contributed by atoms with E-state index in [2.05, 4.69) is 167 Å². The Morgan fingerprint density at radius 2 is 0.551 bits per heavy atom. The summed E-state index contributed by atoms with van der Waals surface area (Å²) in [6.45, 7) is 6.17. The molecular formula is C63H96O6. The molecule has 0 aromatic heterocycles. The summed E-state index contributed by atoms with van der Waals surface area (Å²) in [5.74, 6) is -1.07. The molecule has 69 heavy (non-hydrogen) atoms. The fraction of sp³-hybridized carbons (Fsp3) is 0.540. The van der Waals surface area contributed by atoms with Gasteiger partial charge in [0.1, 0.15) is 13.2 Å². The number of unbranched alkanes of at least 4 members (excludes halogenated alkanes) is 9. The van der Waals surface area contributed by atoms with Crippen molar-refractivity contribution in [3.05, 3.63) is 158 Å². The Morgan fingerprint density at radius 1 is 0.290 bits per heavy atom. The van der Waals surface area contributed by atoms with Crippen LogP contribution < -0.4 is 0 Å². The number of esters is 3. The zero-order chi connectivity index (χ0) is 50.0. The fourth-order valence-electron chi connectivity index (χ4n) is 6.59. The van der Waals surface area contributed by atoms with Gasteiger partial charge in [-0.15, -0.1) is 0 Å². The summed E-state index contributed by atoms with van der Waals surface area (Å²) in [4.78, 5) is 38.1. The molecule has 0 N–H and O–H groups in total. The van der Waals surface area contributed by atoms with Crippen molar-refractivity contribution >= 4 is 17.9 Å². The van der Waals surface area contributed by atoms with E-state index in [4.69, 9.17) is 14.2 Å². The van der Waals surface area contributed by atoms with E-state index in [0.717, 1.165) is 154 Å². The van der Waals surface area contributed by atoms with Gasteiger partial charge in [0.2, 0.25) is 0 Å². The van der Waals surface area contributed by atoms with Crippen LogP contribution in [0.15, 0.2) is 158 Å². The van der Waals surface area contributed by atoms with Crippen LogP contribution in [0.25, 0.3) is 0 Å². The maximum Gasteiger partial charge on any atom is 0.306 e. The summed E-state index contributed by atoms with van der Waals surface area (Å²) >= 11 is 0. The summed E-state index contributed by atoms with van der Waals surface area (Å²) in [7, 11) is 0. The normalized spacial score (nSPS) is 13.4. The van der Waals surface area contributed by atoms with Gasteiger partial charge in [0.25, 0.3) is 0 Å². The maximum atomic E-state index is 12.8. The predicted octanol–water partition coefficient (Wildman–Crippen LogP) is 18.2.